The van der Waals surface area contributed by atoms with E-state index in [-0.39, 0.29) is 0 Å². The zero-order chi connectivity index (χ0) is 14.9. The van der Waals surface area contributed by atoms with E-state index in [0.29, 0.717) is 16.6 Å². The van der Waals surface area contributed by atoms with Crippen LogP contribution in [0.4, 0.5) is 13.2 Å². The topological polar surface area (TPSA) is 29.9 Å². The second-order valence-electron chi connectivity index (χ2n) is 4.21. The van der Waals surface area contributed by atoms with Gasteiger partial charge in [0.1, 0.15) is 0 Å². The van der Waals surface area contributed by atoms with Crippen molar-refractivity contribution in [3.8, 4) is 0 Å². The molecule has 0 radical (unpaired) electrons. The summed E-state index contributed by atoms with van der Waals surface area (Å²) in [6, 6.07) is 1.47. The number of halogens is 4. The smallest absolute Gasteiger partial charge is 0.194 e. The highest BCUT2D eigenvalue weighted by Crippen LogP contribution is 2.30. The Hall–Kier alpha value is -1.34. The minimum absolute atomic E-state index is 0.291. The summed E-state index contributed by atoms with van der Waals surface area (Å²) in [6.07, 6.45) is 1.61. The van der Waals surface area contributed by atoms with Gasteiger partial charge in [-0.15, -0.1) is 0 Å². The van der Waals surface area contributed by atoms with Crippen molar-refractivity contribution in [1.29, 1.82) is 0 Å². The lowest BCUT2D eigenvalue weighted by Gasteiger charge is -2.19. The van der Waals surface area contributed by atoms with Crippen LogP contribution >= 0.6 is 15.9 Å². The molecule has 108 valence electrons. The molecule has 1 heterocycles. The summed E-state index contributed by atoms with van der Waals surface area (Å²) in [5, 5.41) is 7.12. The van der Waals surface area contributed by atoms with E-state index < -0.39 is 23.5 Å². The first-order valence-corrected chi connectivity index (χ1v) is 6.81. The quantitative estimate of drug-likeness (QED) is 0.859. The van der Waals surface area contributed by atoms with Crippen molar-refractivity contribution in [2.75, 3.05) is 7.05 Å². The average Bonchev–Trinajstić information content (AvgIpc) is 2.78. The van der Waals surface area contributed by atoms with Crippen LogP contribution in [0.1, 0.15) is 24.2 Å². The van der Waals surface area contributed by atoms with Gasteiger partial charge in [0, 0.05) is 6.54 Å². The highest BCUT2D eigenvalue weighted by Gasteiger charge is 2.23. The van der Waals surface area contributed by atoms with Gasteiger partial charge in [-0.3, -0.25) is 4.68 Å². The number of hydrogen-bond acceptors (Lipinski definition) is 2. The Labute approximate surface area is 122 Å². The molecule has 1 unspecified atom stereocenters. The summed E-state index contributed by atoms with van der Waals surface area (Å²) >= 11 is 3.36. The second kappa shape index (κ2) is 5.97. The Morgan fingerprint density at radius 1 is 1.30 bits per heavy atom. The normalized spacial score (nSPS) is 12.7. The maximum absolute atomic E-state index is 13.4. The van der Waals surface area contributed by atoms with E-state index in [1.165, 1.54) is 0 Å². The summed E-state index contributed by atoms with van der Waals surface area (Å²) in [7, 11) is 1.66. The fourth-order valence-electron chi connectivity index (χ4n) is 2.11. The molecule has 0 saturated carbocycles. The molecule has 1 atom stereocenters. The van der Waals surface area contributed by atoms with E-state index >= 15 is 0 Å². The maximum Gasteiger partial charge on any atom is 0.194 e. The summed E-state index contributed by atoms with van der Waals surface area (Å²) in [6.45, 7) is 2.51. The fourth-order valence-corrected chi connectivity index (χ4v) is 2.64. The highest BCUT2D eigenvalue weighted by molar-refractivity contribution is 9.10. The minimum atomic E-state index is -1.47. The van der Waals surface area contributed by atoms with Crippen molar-refractivity contribution in [1.82, 2.24) is 15.1 Å². The zero-order valence-corrected chi connectivity index (χ0v) is 12.5. The van der Waals surface area contributed by atoms with Crippen LogP contribution < -0.4 is 5.32 Å². The molecule has 0 amide bonds. The SMILES string of the molecule is CCn1ncc(Br)c1C(NC)c1cc(F)c(F)c(F)c1. The lowest BCUT2D eigenvalue weighted by molar-refractivity contribution is 0.442. The van der Waals surface area contributed by atoms with Gasteiger partial charge in [0.25, 0.3) is 0 Å². The largest absolute Gasteiger partial charge is 0.308 e. The van der Waals surface area contributed by atoms with Crippen molar-refractivity contribution in [3.63, 3.8) is 0 Å². The predicted molar refractivity (Wildman–Crippen MR) is 72.8 cm³/mol. The molecule has 0 fully saturated rings. The van der Waals surface area contributed by atoms with Crippen LogP contribution in [-0.4, -0.2) is 16.8 Å². The number of rotatable bonds is 4. The molecule has 0 aliphatic carbocycles. The maximum atomic E-state index is 13.4. The first-order chi connectivity index (χ1) is 9.49. The standard InChI is InChI=1S/C13H13BrF3N3/c1-3-20-13(8(14)6-19-20)12(18-2)7-4-9(15)11(17)10(16)5-7/h4-6,12,18H,3H2,1-2H3. The van der Waals surface area contributed by atoms with Crippen LogP contribution in [0.15, 0.2) is 22.8 Å². The van der Waals surface area contributed by atoms with Crippen LogP contribution in [0.5, 0.6) is 0 Å². The predicted octanol–water partition coefficient (Wildman–Crippen LogP) is 3.39. The number of hydrogen-bond donors (Lipinski definition) is 1. The number of benzene rings is 1. The molecule has 0 bridgehead atoms. The van der Waals surface area contributed by atoms with Crippen LogP contribution in [-0.2, 0) is 6.54 Å². The molecule has 20 heavy (non-hydrogen) atoms. The molecule has 3 nitrogen and oxygen atoms in total. The van der Waals surface area contributed by atoms with Crippen LogP contribution in [0, 0.1) is 17.5 Å². The third-order valence-electron chi connectivity index (χ3n) is 3.03. The minimum Gasteiger partial charge on any atom is -0.308 e. The van der Waals surface area contributed by atoms with Gasteiger partial charge >= 0.3 is 0 Å². The van der Waals surface area contributed by atoms with Gasteiger partial charge in [0.15, 0.2) is 17.5 Å². The van der Waals surface area contributed by atoms with E-state index in [4.69, 9.17) is 0 Å². The molecule has 0 spiro atoms. The Balaban J connectivity index is 2.55. The molecule has 0 saturated heterocycles. The highest BCUT2D eigenvalue weighted by atomic mass is 79.9. The average molecular weight is 348 g/mol. The summed E-state index contributed by atoms with van der Waals surface area (Å²) < 4.78 is 42.2. The van der Waals surface area contributed by atoms with Crippen molar-refractivity contribution >= 4 is 15.9 Å². The van der Waals surface area contributed by atoms with E-state index in [1.807, 2.05) is 6.92 Å². The third kappa shape index (κ3) is 2.60. The van der Waals surface area contributed by atoms with Gasteiger partial charge in [-0.25, -0.2) is 13.2 Å². The summed E-state index contributed by atoms with van der Waals surface area (Å²) in [5.74, 6) is -3.88. The number of aryl methyl sites for hydroxylation is 1. The third-order valence-corrected chi connectivity index (χ3v) is 3.65. The van der Waals surface area contributed by atoms with Gasteiger partial charge in [-0.2, -0.15) is 5.10 Å². The molecule has 7 heteroatoms. The van der Waals surface area contributed by atoms with E-state index in [1.54, 1.807) is 17.9 Å². The molecule has 1 aromatic heterocycles. The van der Waals surface area contributed by atoms with Gasteiger partial charge < -0.3 is 5.32 Å². The fraction of sp³-hybridized carbons (Fsp3) is 0.308. The van der Waals surface area contributed by atoms with Crippen molar-refractivity contribution in [2.24, 2.45) is 0 Å². The van der Waals surface area contributed by atoms with E-state index in [2.05, 4.69) is 26.3 Å². The van der Waals surface area contributed by atoms with Crippen molar-refractivity contribution in [3.05, 3.63) is 51.5 Å². The van der Waals surface area contributed by atoms with Crippen LogP contribution in [0.2, 0.25) is 0 Å². The molecule has 2 aromatic rings. The lowest BCUT2D eigenvalue weighted by atomic mass is 10.0. The summed E-state index contributed by atoms with van der Waals surface area (Å²) in [5.41, 5.74) is 1.01. The van der Waals surface area contributed by atoms with Gasteiger partial charge in [0.2, 0.25) is 0 Å². The Kier molecular flexibility index (Phi) is 4.49. The second-order valence-corrected chi connectivity index (χ2v) is 5.07. The van der Waals surface area contributed by atoms with E-state index in [9.17, 15) is 13.2 Å². The number of nitrogens with zero attached hydrogens (tertiary/aromatic N) is 2. The first kappa shape index (κ1) is 15.1. The molecule has 2 rings (SSSR count). The Bertz CT molecular complexity index is 604. The Morgan fingerprint density at radius 2 is 1.90 bits per heavy atom. The molecule has 0 aliphatic heterocycles. The molecule has 1 N–H and O–H groups in total. The lowest BCUT2D eigenvalue weighted by Crippen LogP contribution is -2.22. The molecular formula is C13H13BrF3N3. The summed E-state index contributed by atoms with van der Waals surface area (Å²) in [4.78, 5) is 0. The molecule has 1 aromatic carbocycles. The van der Waals surface area contributed by atoms with Gasteiger partial charge in [0.05, 0.1) is 22.4 Å². The van der Waals surface area contributed by atoms with Crippen LogP contribution in [0.25, 0.3) is 0 Å². The monoisotopic (exact) mass is 347 g/mol. The molecule has 0 aliphatic rings. The first-order valence-electron chi connectivity index (χ1n) is 6.02. The van der Waals surface area contributed by atoms with Gasteiger partial charge in [-0.1, -0.05) is 0 Å². The Morgan fingerprint density at radius 3 is 2.40 bits per heavy atom. The van der Waals surface area contributed by atoms with E-state index in [0.717, 1.165) is 17.8 Å². The number of nitrogens with one attached hydrogen (secondary N) is 1. The number of aromatic nitrogens is 2. The zero-order valence-electron chi connectivity index (χ0n) is 10.9. The van der Waals surface area contributed by atoms with Gasteiger partial charge in [-0.05, 0) is 47.6 Å². The molecular weight excluding hydrogens is 335 g/mol. The van der Waals surface area contributed by atoms with Crippen molar-refractivity contribution in [2.45, 2.75) is 19.5 Å². The van der Waals surface area contributed by atoms with Crippen LogP contribution in [0.3, 0.4) is 0 Å². The van der Waals surface area contributed by atoms with Crippen molar-refractivity contribution < 1.29 is 13.2 Å².